The topological polar surface area (TPSA) is 49.8 Å². The third kappa shape index (κ3) is 3.74. The van der Waals surface area contributed by atoms with E-state index in [4.69, 9.17) is 4.74 Å². The summed E-state index contributed by atoms with van der Waals surface area (Å²) in [4.78, 5) is 13.0. The van der Waals surface area contributed by atoms with Crippen molar-refractivity contribution in [2.45, 2.75) is 25.9 Å². The molecule has 1 heterocycles. The number of morpholine rings is 1. The first kappa shape index (κ1) is 10.5. The molecule has 13 heavy (non-hydrogen) atoms. The highest BCUT2D eigenvalue weighted by molar-refractivity contribution is 5.77. The van der Waals surface area contributed by atoms with Gasteiger partial charge in [0.1, 0.15) is 6.61 Å². The fourth-order valence-corrected chi connectivity index (χ4v) is 1.20. The third-order valence-electron chi connectivity index (χ3n) is 2.08. The summed E-state index contributed by atoms with van der Waals surface area (Å²) < 4.78 is 4.99. The van der Waals surface area contributed by atoms with Gasteiger partial charge in [0.05, 0.1) is 12.2 Å². The lowest BCUT2D eigenvalue weighted by Crippen LogP contribution is -2.43. The number of carbonyl (C=O) groups is 1. The molecular weight excluding hydrogens is 170 g/mol. The summed E-state index contributed by atoms with van der Waals surface area (Å²) in [5, 5.41) is 9.47. The average Bonchev–Trinajstić information content (AvgIpc) is 2.01. The lowest BCUT2D eigenvalue weighted by Gasteiger charge is -2.29. The molecule has 0 aliphatic carbocycles. The summed E-state index contributed by atoms with van der Waals surface area (Å²) in [6.07, 6.45) is 0.610. The molecule has 0 unspecified atom stereocenters. The third-order valence-corrected chi connectivity index (χ3v) is 2.08. The van der Waals surface area contributed by atoms with Crippen molar-refractivity contribution in [3.63, 3.8) is 0 Å². The minimum atomic E-state index is -0.696. The zero-order valence-corrected chi connectivity index (χ0v) is 8.25. The summed E-state index contributed by atoms with van der Waals surface area (Å²) in [5.74, 6) is 0.0236. The van der Waals surface area contributed by atoms with E-state index < -0.39 is 5.60 Å². The first-order valence-electron chi connectivity index (χ1n) is 4.57. The Balaban J connectivity index is 2.31. The lowest BCUT2D eigenvalue weighted by atomic mass is 10.1. The van der Waals surface area contributed by atoms with E-state index in [1.165, 1.54) is 0 Å². The number of hydrogen-bond donors (Lipinski definition) is 1. The summed E-state index contributed by atoms with van der Waals surface area (Å²) in [6, 6.07) is 0. The smallest absolute Gasteiger partial charge is 0.248 e. The average molecular weight is 187 g/mol. The lowest BCUT2D eigenvalue weighted by molar-refractivity contribution is -0.143. The van der Waals surface area contributed by atoms with Gasteiger partial charge >= 0.3 is 0 Å². The molecule has 1 aliphatic rings. The molecule has 4 heteroatoms. The van der Waals surface area contributed by atoms with Gasteiger partial charge in [-0.1, -0.05) is 0 Å². The van der Waals surface area contributed by atoms with Gasteiger partial charge in [-0.25, -0.2) is 0 Å². The molecule has 76 valence electrons. The number of carbonyl (C=O) groups excluding carboxylic acids is 1. The van der Waals surface area contributed by atoms with Crippen LogP contribution in [0.4, 0.5) is 0 Å². The van der Waals surface area contributed by atoms with Gasteiger partial charge in [-0.15, -0.1) is 0 Å². The second kappa shape index (κ2) is 4.07. The van der Waals surface area contributed by atoms with E-state index in [2.05, 4.69) is 0 Å². The number of rotatable bonds is 3. The molecular formula is C9H17NO3. The Morgan fingerprint density at radius 3 is 2.85 bits per heavy atom. The molecule has 1 fully saturated rings. The highest BCUT2D eigenvalue weighted by atomic mass is 16.5. The van der Waals surface area contributed by atoms with E-state index in [0.29, 0.717) is 26.1 Å². The quantitative estimate of drug-likeness (QED) is 0.677. The molecule has 1 aliphatic heterocycles. The van der Waals surface area contributed by atoms with Crippen LogP contribution in [0.25, 0.3) is 0 Å². The van der Waals surface area contributed by atoms with E-state index in [-0.39, 0.29) is 12.5 Å². The fourth-order valence-electron chi connectivity index (χ4n) is 1.20. The summed E-state index contributed by atoms with van der Waals surface area (Å²) in [5.41, 5.74) is -0.696. The van der Waals surface area contributed by atoms with Crippen molar-refractivity contribution in [2.24, 2.45) is 0 Å². The Labute approximate surface area is 78.5 Å². The molecule has 0 spiro atoms. The molecule has 0 aromatic heterocycles. The molecule has 1 rings (SSSR count). The number of hydrogen-bond acceptors (Lipinski definition) is 3. The summed E-state index contributed by atoms with van der Waals surface area (Å²) >= 11 is 0. The number of amides is 1. The van der Waals surface area contributed by atoms with E-state index in [9.17, 15) is 9.90 Å². The molecule has 0 aromatic rings. The Hall–Kier alpha value is -0.610. The van der Waals surface area contributed by atoms with Crippen molar-refractivity contribution in [2.75, 3.05) is 26.3 Å². The second-order valence-corrected chi connectivity index (χ2v) is 4.00. The minimum Gasteiger partial charge on any atom is -0.390 e. The molecule has 0 bridgehead atoms. The summed E-state index contributed by atoms with van der Waals surface area (Å²) in [7, 11) is 0. The molecule has 0 aromatic carbocycles. The van der Waals surface area contributed by atoms with Crippen molar-refractivity contribution in [1.82, 2.24) is 4.90 Å². The Bertz CT molecular complexity index is 186. The van der Waals surface area contributed by atoms with Crippen molar-refractivity contribution >= 4 is 5.91 Å². The maximum absolute atomic E-state index is 11.2. The van der Waals surface area contributed by atoms with Gasteiger partial charge in [0.25, 0.3) is 0 Å². The van der Waals surface area contributed by atoms with Crippen LogP contribution in [0.2, 0.25) is 0 Å². The van der Waals surface area contributed by atoms with Crippen LogP contribution in [0.3, 0.4) is 0 Å². The Morgan fingerprint density at radius 2 is 2.31 bits per heavy atom. The van der Waals surface area contributed by atoms with Gasteiger partial charge in [0, 0.05) is 13.1 Å². The maximum atomic E-state index is 11.2. The molecule has 1 N–H and O–H groups in total. The predicted octanol–water partition coefficient (Wildman–Crippen LogP) is 0.00620. The Morgan fingerprint density at radius 1 is 1.62 bits per heavy atom. The predicted molar refractivity (Wildman–Crippen MR) is 48.3 cm³/mol. The minimum absolute atomic E-state index is 0.0236. The monoisotopic (exact) mass is 187 g/mol. The second-order valence-electron chi connectivity index (χ2n) is 4.00. The van der Waals surface area contributed by atoms with Gasteiger partial charge in [-0.2, -0.15) is 0 Å². The van der Waals surface area contributed by atoms with Crippen LogP contribution in [0.15, 0.2) is 0 Å². The number of ether oxygens (including phenoxy) is 1. The largest absolute Gasteiger partial charge is 0.390 e. The van der Waals surface area contributed by atoms with Gasteiger partial charge in [-0.3, -0.25) is 4.79 Å². The van der Waals surface area contributed by atoms with Gasteiger partial charge in [-0.05, 0) is 20.3 Å². The normalized spacial score (nSPS) is 19.3. The first-order valence-corrected chi connectivity index (χ1v) is 4.57. The van der Waals surface area contributed by atoms with Crippen LogP contribution < -0.4 is 0 Å². The van der Waals surface area contributed by atoms with Crippen molar-refractivity contribution < 1.29 is 14.6 Å². The number of nitrogens with zero attached hydrogens (tertiary/aromatic N) is 1. The zero-order chi connectivity index (χ0) is 9.90. The van der Waals surface area contributed by atoms with Crippen LogP contribution in [-0.2, 0) is 9.53 Å². The van der Waals surface area contributed by atoms with Crippen LogP contribution >= 0.6 is 0 Å². The van der Waals surface area contributed by atoms with Crippen molar-refractivity contribution in [3.8, 4) is 0 Å². The highest BCUT2D eigenvalue weighted by Gasteiger charge is 2.21. The van der Waals surface area contributed by atoms with E-state index in [0.717, 1.165) is 0 Å². The van der Waals surface area contributed by atoms with Crippen LogP contribution in [0, 0.1) is 0 Å². The Kier molecular flexibility index (Phi) is 3.27. The fraction of sp³-hybridized carbons (Fsp3) is 0.889. The van der Waals surface area contributed by atoms with E-state index in [1.54, 1.807) is 18.7 Å². The van der Waals surface area contributed by atoms with Gasteiger partial charge in [0.15, 0.2) is 0 Å². The zero-order valence-electron chi connectivity index (χ0n) is 8.25. The first-order chi connectivity index (χ1) is 5.99. The summed E-state index contributed by atoms with van der Waals surface area (Å²) in [6.45, 7) is 5.56. The van der Waals surface area contributed by atoms with E-state index in [1.807, 2.05) is 0 Å². The molecule has 4 nitrogen and oxygen atoms in total. The highest BCUT2D eigenvalue weighted by Crippen LogP contribution is 2.09. The maximum Gasteiger partial charge on any atom is 0.248 e. The van der Waals surface area contributed by atoms with Gasteiger partial charge < -0.3 is 14.7 Å². The number of aliphatic hydroxyl groups is 1. The van der Waals surface area contributed by atoms with Crippen molar-refractivity contribution in [1.29, 1.82) is 0 Å². The molecule has 1 saturated heterocycles. The van der Waals surface area contributed by atoms with Crippen LogP contribution in [-0.4, -0.2) is 47.8 Å². The molecule has 0 atom stereocenters. The van der Waals surface area contributed by atoms with Crippen LogP contribution in [0.1, 0.15) is 20.3 Å². The molecule has 0 radical (unpaired) electrons. The molecule has 0 saturated carbocycles. The standard InChI is InChI=1S/C9H17NO3/c1-9(2,12)3-4-10-5-6-13-7-8(10)11/h12H,3-7H2,1-2H3. The van der Waals surface area contributed by atoms with Gasteiger partial charge in [0.2, 0.25) is 5.91 Å². The molecule has 1 amide bonds. The van der Waals surface area contributed by atoms with Crippen molar-refractivity contribution in [3.05, 3.63) is 0 Å². The van der Waals surface area contributed by atoms with E-state index >= 15 is 0 Å². The SMILES string of the molecule is CC(C)(O)CCN1CCOCC1=O. The van der Waals surface area contributed by atoms with Crippen LogP contribution in [0.5, 0.6) is 0 Å².